The molecule has 21 heavy (non-hydrogen) atoms. The maximum atomic E-state index is 12.2. The van der Waals surface area contributed by atoms with Crippen LogP contribution >= 0.6 is 22.9 Å². The molecule has 0 saturated carbocycles. The summed E-state index contributed by atoms with van der Waals surface area (Å²) in [4.78, 5) is 18.0. The molecule has 2 heterocycles. The predicted molar refractivity (Wildman–Crippen MR) is 82.9 cm³/mol. The molecule has 2 amide bonds. The molecule has 1 N–H and O–H groups in total. The summed E-state index contributed by atoms with van der Waals surface area (Å²) >= 11 is 7.29. The number of urea groups is 1. The van der Waals surface area contributed by atoms with Crippen molar-refractivity contribution in [3.8, 4) is 0 Å². The third-order valence-corrected chi connectivity index (χ3v) is 4.18. The number of hydrogen-bond donors (Lipinski definition) is 1. The molecule has 1 aromatic carbocycles. The van der Waals surface area contributed by atoms with Gasteiger partial charge in [-0.3, -0.25) is 5.32 Å². The number of benzene rings is 1. The molecule has 1 aliphatic rings. The Kier molecular flexibility index (Phi) is 4.38. The molecule has 1 aromatic heterocycles. The van der Waals surface area contributed by atoms with Gasteiger partial charge in [0.05, 0.1) is 13.2 Å². The first kappa shape index (κ1) is 14.3. The van der Waals surface area contributed by atoms with Crippen molar-refractivity contribution in [2.75, 3.05) is 25.0 Å². The Morgan fingerprint density at radius 2 is 2.24 bits per heavy atom. The van der Waals surface area contributed by atoms with Crippen molar-refractivity contribution in [1.82, 2.24) is 9.88 Å². The van der Waals surface area contributed by atoms with Gasteiger partial charge in [0.25, 0.3) is 0 Å². The van der Waals surface area contributed by atoms with E-state index in [9.17, 15) is 4.79 Å². The summed E-state index contributed by atoms with van der Waals surface area (Å²) in [7, 11) is 0. The highest BCUT2D eigenvalue weighted by Crippen LogP contribution is 2.24. The summed E-state index contributed by atoms with van der Waals surface area (Å²) < 4.78 is 5.74. The summed E-state index contributed by atoms with van der Waals surface area (Å²) in [5.41, 5.74) is 1.02. The van der Waals surface area contributed by atoms with E-state index in [-0.39, 0.29) is 12.1 Å². The highest BCUT2D eigenvalue weighted by atomic mass is 35.5. The molecule has 0 bridgehead atoms. The number of thiazole rings is 1. The zero-order chi connectivity index (χ0) is 14.7. The average Bonchev–Trinajstić information content (AvgIpc) is 3.01. The van der Waals surface area contributed by atoms with Gasteiger partial charge in [-0.05, 0) is 17.7 Å². The third kappa shape index (κ3) is 3.53. The van der Waals surface area contributed by atoms with Gasteiger partial charge in [0.15, 0.2) is 5.13 Å². The first-order valence-corrected chi connectivity index (χ1v) is 7.80. The highest BCUT2D eigenvalue weighted by Gasteiger charge is 2.25. The number of halogens is 1. The standard InChI is InChI=1S/C14H14ClN3O2S/c15-11-3-1-10(2-4-11)12-9-18(6-7-20-12)14(19)17-13-16-5-8-21-13/h1-5,8,12H,6-7,9H2,(H,16,17,19). The van der Waals surface area contributed by atoms with Crippen LogP contribution < -0.4 is 5.32 Å². The molecule has 2 aromatic rings. The van der Waals surface area contributed by atoms with E-state index < -0.39 is 0 Å². The van der Waals surface area contributed by atoms with E-state index in [1.807, 2.05) is 29.6 Å². The van der Waals surface area contributed by atoms with Gasteiger partial charge in [0, 0.05) is 23.1 Å². The maximum Gasteiger partial charge on any atom is 0.323 e. The van der Waals surface area contributed by atoms with Crippen LogP contribution in [0, 0.1) is 0 Å². The van der Waals surface area contributed by atoms with Gasteiger partial charge in [-0.25, -0.2) is 9.78 Å². The molecular weight excluding hydrogens is 310 g/mol. The van der Waals surface area contributed by atoms with E-state index in [0.717, 1.165) is 5.56 Å². The van der Waals surface area contributed by atoms with Gasteiger partial charge < -0.3 is 9.64 Å². The van der Waals surface area contributed by atoms with Crippen LogP contribution in [-0.4, -0.2) is 35.6 Å². The van der Waals surface area contributed by atoms with Crippen molar-refractivity contribution in [2.24, 2.45) is 0 Å². The lowest BCUT2D eigenvalue weighted by atomic mass is 10.1. The van der Waals surface area contributed by atoms with Crippen LogP contribution in [0.3, 0.4) is 0 Å². The van der Waals surface area contributed by atoms with Gasteiger partial charge in [-0.2, -0.15) is 0 Å². The van der Waals surface area contributed by atoms with Crippen LogP contribution in [-0.2, 0) is 4.74 Å². The van der Waals surface area contributed by atoms with Gasteiger partial charge in [0.2, 0.25) is 0 Å². The number of nitrogens with one attached hydrogen (secondary N) is 1. The lowest BCUT2D eigenvalue weighted by Crippen LogP contribution is -2.44. The third-order valence-electron chi connectivity index (χ3n) is 3.24. The monoisotopic (exact) mass is 323 g/mol. The van der Waals surface area contributed by atoms with E-state index in [0.29, 0.717) is 29.9 Å². The van der Waals surface area contributed by atoms with Crippen LogP contribution in [0.5, 0.6) is 0 Å². The Morgan fingerprint density at radius 1 is 1.43 bits per heavy atom. The molecule has 0 aliphatic carbocycles. The number of amides is 2. The Labute approximate surface area is 131 Å². The van der Waals surface area contributed by atoms with Crippen LogP contribution in [0.25, 0.3) is 0 Å². The first-order valence-electron chi connectivity index (χ1n) is 6.55. The van der Waals surface area contributed by atoms with Crippen molar-refractivity contribution in [3.05, 3.63) is 46.4 Å². The van der Waals surface area contributed by atoms with Gasteiger partial charge in [0.1, 0.15) is 6.10 Å². The number of ether oxygens (including phenoxy) is 1. The number of carbonyl (C=O) groups excluding carboxylic acids is 1. The number of morpholine rings is 1. The van der Waals surface area contributed by atoms with Crippen molar-refractivity contribution < 1.29 is 9.53 Å². The SMILES string of the molecule is O=C(Nc1nccs1)N1CCOC(c2ccc(Cl)cc2)C1. The Morgan fingerprint density at radius 3 is 2.95 bits per heavy atom. The second kappa shape index (κ2) is 6.43. The molecule has 1 unspecified atom stereocenters. The summed E-state index contributed by atoms with van der Waals surface area (Å²) in [5.74, 6) is 0. The average molecular weight is 324 g/mol. The molecule has 1 saturated heterocycles. The maximum absolute atomic E-state index is 12.2. The van der Waals surface area contributed by atoms with Crippen molar-refractivity contribution in [1.29, 1.82) is 0 Å². The number of anilines is 1. The lowest BCUT2D eigenvalue weighted by Gasteiger charge is -2.33. The number of aromatic nitrogens is 1. The summed E-state index contributed by atoms with van der Waals surface area (Å²) in [5, 5.41) is 5.91. The van der Waals surface area contributed by atoms with Crippen LogP contribution in [0.1, 0.15) is 11.7 Å². The van der Waals surface area contributed by atoms with Crippen LogP contribution in [0.2, 0.25) is 5.02 Å². The first-order chi connectivity index (χ1) is 10.2. The molecule has 0 spiro atoms. The molecule has 1 fully saturated rings. The molecule has 1 aliphatic heterocycles. The predicted octanol–water partition coefficient (Wildman–Crippen LogP) is 3.40. The lowest BCUT2D eigenvalue weighted by molar-refractivity contribution is -0.0135. The van der Waals surface area contributed by atoms with E-state index in [2.05, 4.69) is 10.3 Å². The fourth-order valence-electron chi connectivity index (χ4n) is 2.17. The fourth-order valence-corrected chi connectivity index (χ4v) is 2.81. The number of rotatable bonds is 2. The normalized spacial score (nSPS) is 18.5. The second-order valence-electron chi connectivity index (χ2n) is 4.62. The van der Waals surface area contributed by atoms with Crippen molar-refractivity contribution >= 4 is 34.1 Å². The largest absolute Gasteiger partial charge is 0.370 e. The molecule has 5 nitrogen and oxygen atoms in total. The Hall–Kier alpha value is -1.63. The van der Waals surface area contributed by atoms with E-state index in [4.69, 9.17) is 16.3 Å². The van der Waals surface area contributed by atoms with Crippen molar-refractivity contribution in [2.45, 2.75) is 6.10 Å². The Balaban J connectivity index is 1.65. The summed E-state index contributed by atoms with van der Waals surface area (Å²) in [6.45, 7) is 1.60. The molecule has 7 heteroatoms. The molecular formula is C14H14ClN3O2S. The molecule has 0 radical (unpaired) electrons. The zero-order valence-electron chi connectivity index (χ0n) is 11.2. The van der Waals surface area contributed by atoms with E-state index in [1.54, 1.807) is 11.1 Å². The van der Waals surface area contributed by atoms with Gasteiger partial charge in [-0.15, -0.1) is 11.3 Å². The summed E-state index contributed by atoms with van der Waals surface area (Å²) in [6.07, 6.45) is 1.54. The fraction of sp³-hybridized carbons (Fsp3) is 0.286. The van der Waals surface area contributed by atoms with Crippen molar-refractivity contribution in [3.63, 3.8) is 0 Å². The van der Waals surface area contributed by atoms with Crippen LogP contribution in [0.15, 0.2) is 35.8 Å². The number of carbonyl (C=O) groups is 1. The van der Waals surface area contributed by atoms with Gasteiger partial charge >= 0.3 is 6.03 Å². The molecule has 1 atom stereocenters. The molecule has 110 valence electrons. The Bertz CT molecular complexity index is 603. The topological polar surface area (TPSA) is 54.5 Å². The minimum Gasteiger partial charge on any atom is -0.370 e. The molecule has 3 rings (SSSR count). The minimum absolute atomic E-state index is 0.127. The summed E-state index contributed by atoms with van der Waals surface area (Å²) in [6, 6.07) is 7.36. The number of hydrogen-bond acceptors (Lipinski definition) is 4. The van der Waals surface area contributed by atoms with E-state index >= 15 is 0 Å². The van der Waals surface area contributed by atoms with E-state index in [1.165, 1.54) is 11.3 Å². The smallest absolute Gasteiger partial charge is 0.323 e. The second-order valence-corrected chi connectivity index (χ2v) is 5.96. The highest BCUT2D eigenvalue weighted by molar-refractivity contribution is 7.13. The quantitative estimate of drug-likeness (QED) is 0.921. The zero-order valence-corrected chi connectivity index (χ0v) is 12.7. The minimum atomic E-state index is -0.146. The number of nitrogens with zero attached hydrogens (tertiary/aromatic N) is 2. The van der Waals surface area contributed by atoms with Gasteiger partial charge in [-0.1, -0.05) is 23.7 Å². The van der Waals surface area contributed by atoms with Crippen LogP contribution in [0.4, 0.5) is 9.93 Å².